The predicted octanol–water partition coefficient (Wildman–Crippen LogP) is 3.18. The van der Waals surface area contributed by atoms with Gasteiger partial charge in [-0.15, -0.1) is 0 Å². The van der Waals surface area contributed by atoms with Crippen LogP contribution in [0.2, 0.25) is 0 Å². The van der Waals surface area contributed by atoms with Crippen LogP contribution in [0.3, 0.4) is 0 Å². The molecule has 0 saturated carbocycles. The maximum atomic E-state index is 6.32. The summed E-state index contributed by atoms with van der Waals surface area (Å²) >= 11 is 0. The van der Waals surface area contributed by atoms with Gasteiger partial charge in [0.2, 0.25) is 0 Å². The Morgan fingerprint density at radius 3 is 2.58 bits per heavy atom. The number of ether oxygens (including phenoxy) is 3. The summed E-state index contributed by atoms with van der Waals surface area (Å²) in [4.78, 5) is 0. The average Bonchev–Trinajstić information content (AvgIpc) is 2.66. The number of nitrogen functional groups attached to an aromatic ring is 2. The van der Waals surface area contributed by atoms with Crippen LogP contribution in [-0.2, 0) is 4.74 Å². The van der Waals surface area contributed by atoms with Gasteiger partial charge in [-0.1, -0.05) is 13.0 Å². The van der Waals surface area contributed by atoms with Crippen LogP contribution in [0.4, 0.5) is 11.4 Å². The van der Waals surface area contributed by atoms with Crippen molar-refractivity contribution in [3.63, 3.8) is 0 Å². The lowest BCUT2D eigenvalue weighted by atomic mass is 9.94. The zero-order valence-corrected chi connectivity index (χ0v) is 15.3. The molecule has 2 aromatic carbocycles. The standard InChI is InChI=1S/C20H27N3O3/c1-3-20(2,19-13-23-9-10-24-19)26-16-6-4-5-14(11-16)25-15-7-8-17(21)18(22)12-15/h4-8,11-12,19,23H,3,9-10,13,21-22H2,1-2H3. The fourth-order valence-electron chi connectivity index (χ4n) is 2.95. The molecular weight excluding hydrogens is 330 g/mol. The summed E-state index contributed by atoms with van der Waals surface area (Å²) in [5, 5.41) is 3.36. The SMILES string of the molecule is CCC(C)(Oc1cccc(Oc2ccc(N)c(N)c2)c1)C1CNCCO1. The highest BCUT2D eigenvalue weighted by Crippen LogP contribution is 2.32. The summed E-state index contributed by atoms with van der Waals surface area (Å²) in [5.41, 5.74) is 12.2. The molecule has 5 N–H and O–H groups in total. The van der Waals surface area contributed by atoms with Crippen LogP contribution in [0.15, 0.2) is 42.5 Å². The van der Waals surface area contributed by atoms with Crippen molar-refractivity contribution in [1.29, 1.82) is 0 Å². The lowest BCUT2D eigenvalue weighted by molar-refractivity contribution is -0.0963. The molecule has 140 valence electrons. The van der Waals surface area contributed by atoms with E-state index in [0.29, 0.717) is 29.5 Å². The smallest absolute Gasteiger partial charge is 0.133 e. The molecule has 0 aliphatic carbocycles. The van der Waals surface area contributed by atoms with Gasteiger partial charge in [0.15, 0.2) is 0 Å². The minimum atomic E-state index is -0.419. The molecule has 1 saturated heterocycles. The van der Waals surface area contributed by atoms with E-state index in [1.54, 1.807) is 18.2 Å². The molecule has 1 aliphatic rings. The minimum absolute atomic E-state index is 0.00252. The fourth-order valence-corrected chi connectivity index (χ4v) is 2.95. The molecule has 2 atom stereocenters. The Bertz CT molecular complexity index is 747. The van der Waals surface area contributed by atoms with Crippen molar-refractivity contribution in [2.75, 3.05) is 31.2 Å². The van der Waals surface area contributed by atoms with E-state index in [2.05, 4.69) is 19.2 Å². The highest BCUT2D eigenvalue weighted by Gasteiger charge is 2.37. The Hall–Kier alpha value is -2.44. The number of benzene rings is 2. The van der Waals surface area contributed by atoms with Crippen molar-refractivity contribution in [1.82, 2.24) is 5.32 Å². The molecule has 1 fully saturated rings. The monoisotopic (exact) mass is 357 g/mol. The van der Waals surface area contributed by atoms with Crippen molar-refractivity contribution < 1.29 is 14.2 Å². The third-order valence-corrected chi connectivity index (χ3v) is 4.76. The Balaban J connectivity index is 1.74. The molecule has 0 spiro atoms. The van der Waals surface area contributed by atoms with Crippen LogP contribution in [0.25, 0.3) is 0 Å². The van der Waals surface area contributed by atoms with Gasteiger partial charge in [-0.2, -0.15) is 0 Å². The van der Waals surface area contributed by atoms with Gasteiger partial charge in [-0.25, -0.2) is 0 Å². The second-order valence-electron chi connectivity index (χ2n) is 6.70. The van der Waals surface area contributed by atoms with Crippen molar-refractivity contribution in [2.45, 2.75) is 32.0 Å². The average molecular weight is 357 g/mol. The summed E-state index contributed by atoms with van der Waals surface area (Å²) < 4.78 is 18.1. The van der Waals surface area contributed by atoms with Crippen LogP contribution < -0.4 is 26.3 Å². The second-order valence-corrected chi connectivity index (χ2v) is 6.70. The summed E-state index contributed by atoms with van der Waals surface area (Å²) in [6.45, 7) is 6.55. The molecule has 6 heteroatoms. The second kappa shape index (κ2) is 7.85. The van der Waals surface area contributed by atoms with Crippen LogP contribution in [0, 0.1) is 0 Å². The summed E-state index contributed by atoms with van der Waals surface area (Å²) in [6.07, 6.45) is 0.835. The number of nitrogens with two attached hydrogens (primary N) is 2. The number of hydrogen-bond donors (Lipinski definition) is 3. The van der Waals surface area contributed by atoms with Crippen LogP contribution in [-0.4, -0.2) is 31.4 Å². The van der Waals surface area contributed by atoms with Gasteiger partial charge in [0.05, 0.1) is 18.0 Å². The maximum absolute atomic E-state index is 6.32. The van der Waals surface area contributed by atoms with Crippen LogP contribution >= 0.6 is 0 Å². The molecule has 0 radical (unpaired) electrons. The molecule has 0 aromatic heterocycles. The molecule has 2 aromatic rings. The van der Waals surface area contributed by atoms with Gasteiger partial charge in [0.1, 0.15) is 29.0 Å². The Morgan fingerprint density at radius 2 is 1.88 bits per heavy atom. The first-order valence-corrected chi connectivity index (χ1v) is 8.94. The van der Waals surface area contributed by atoms with E-state index in [1.807, 2.05) is 24.3 Å². The van der Waals surface area contributed by atoms with Crippen molar-refractivity contribution in [2.24, 2.45) is 0 Å². The van der Waals surface area contributed by atoms with E-state index in [4.69, 9.17) is 25.7 Å². The first-order valence-electron chi connectivity index (χ1n) is 8.94. The van der Waals surface area contributed by atoms with E-state index in [9.17, 15) is 0 Å². The number of morpholine rings is 1. The Kier molecular flexibility index (Phi) is 5.54. The number of nitrogens with one attached hydrogen (secondary N) is 1. The predicted molar refractivity (Wildman–Crippen MR) is 104 cm³/mol. The van der Waals surface area contributed by atoms with E-state index in [1.165, 1.54) is 0 Å². The number of anilines is 2. The number of hydrogen-bond acceptors (Lipinski definition) is 6. The van der Waals surface area contributed by atoms with Gasteiger partial charge in [0.25, 0.3) is 0 Å². The lowest BCUT2D eigenvalue weighted by Gasteiger charge is -2.39. The van der Waals surface area contributed by atoms with Gasteiger partial charge in [-0.3, -0.25) is 0 Å². The minimum Gasteiger partial charge on any atom is -0.485 e. The van der Waals surface area contributed by atoms with E-state index < -0.39 is 5.60 Å². The topological polar surface area (TPSA) is 91.8 Å². The van der Waals surface area contributed by atoms with Crippen LogP contribution in [0.1, 0.15) is 20.3 Å². The summed E-state index contributed by atoms with van der Waals surface area (Å²) in [5.74, 6) is 2.05. The summed E-state index contributed by atoms with van der Waals surface area (Å²) in [6, 6.07) is 12.8. The first kappa shape index (κ1) is 18.4. The zero-order chi connectivity index (χ0) is 18.6. The first-order chi connectivity index (χ1) is 12.5. The molecule has 3 rings (SSSR count). The quantitative estimate of drug-likeness (QED) is 0.688. The van der Waals surface area contributed by atoms with E-state index >= 15 is 0 Å². The summed E-state index contributed by atoms with van der Waals surface area (Å²) in [7, 11) is 0. The highest BCUT2D eigenvalue weighted by atomic mass is 16.6. The molecule has 1 aliphatic heterocycles. The molecule has 2 unspecified atom stereocenters. The van der Waals surface area contributed by atoms with Gasteiger partial charge in [0, 0.05) is 25.2 Å². The lowest BCUT2D eigenvalue weighted by Crippen LogP contribution is -2.54. The third kappa shape index (κ3) is 4.20. The van der Waals surface area contributed by atoms with Crippen molar-refractivity contribution in [3.05, 3.63) is 42.5 Å². The van der Waals surface area contributed by atoms with E-state index in [-0.39, 0.29) is 6.10 Å². The Labute approximate surface area is 154 Å². The maximum Gasteiger partial charge on any atom is 0.133 e. The third-order valence-electron chi connectivity index (χ3n) is 4.76. The molecule has 0 bridgehead atoms. The molecular formula is C20H27N3O3. The molecule has 6 nitrogen and oxygen atoms in total. The molecule has 1 heterocycles. The van der Waals surface area contributed by atoms with Gasteiger partial charge >= 0.3 is 0 Å². The molecule has 26 heavy (non-hydrogen) atoms. The van der Waals surface area contributed by atoms with Gasteiger partial charge < -0.3 is 31.0 Å². The zero-order valence-electron chi connectivity index (χ0n) is 15.3. The highest BCUT2D eigenvalue weighted by molar-refractivity contribution is 5.65. The van der Waals surface area contributed by atoms with E-state index in [0.717, 1.165) is 25.3 Å². The largest absolute Gasteiger partial charge is 0.485 e. The van der Waals surface area contributed by atoms with Crippen molar-refractivity contribution >= 4 is 11.4 Å². The van der Waals surface area contributed by atoms with Crippen molar-refractivity contribution in [3.8, 4) is 17.2 Å². The fraction of sp³-hybridized carbons (Fsp3) is 0.400. The Morgan fingerprint density at radius 1 is 1.12 bits per heavy atom. The number of rotatable bonds is 6. The van der Waals surface area contributed by atoms with Gasteiger partial charge in [-0.05, 0) is 37.6 Å². The normalized spacial score (nSPS) is 19.5. The molecule has 0 amide bonds. The van der Waals surface area contributed by atoms with Crippen LogP contribution in [0.5, 0.6) is 17.2 Å².